The number of ether oxygens (including phenoxy) is 1. The predicted octanol–water partition coefficient (Wildman–Crippen LogP) is 2.07. The first-order valence-electron chi connectivity index (χ1n) is 5.45. The largest absolute Gasteiger partial charge is 0.377 e. The van der Waals surface area contributed by atoms with E-state index in [-0.39, 0.29) is 12.1 Å². The minimum Gasteiger partial charge on any atom is -0.377 e. The minimum absolute atomic E-state index is 0.0506. The molecule has 0 amide bonds. The highest BCUT2D eigenvalue weighted by Gasteiger charge is 2.10. The SMILES string of the molecule is CCc1cnccc1C(N)COC(C)C. The topological polar surface area (TPSA) is 48.1 Å². The number of nitrogens with two attached hydrogens (primary N) is 1. The molecule has 0 bridgehead atoms. The molecule has 1 aromatic heterocycles. The van der Waals surface area contributed by atoms with Crippen LogP contribution in [0.5, 0.6) is 0 Å². The molecule has 1 atom stereocenters. The van der Waals surface area contributed by atoms with E-state index in [1.807, 2.05) is 26.1 Å². The summed E-state index contributed by atoms with van der Waals surface area (Å²) in [6.45, 7) is 6.70. The molecule has 84 valence electrons. The van der Waals surface area contributed by atoms with E-state index in [9.17, 15) is 0 Å². The summed E-state index contributed by atoms with van der Waals surface area (Å²) in [6.07, 6.45) is 4.84. The quantitative estimate of drug-likeness (QED) is 0.805. The van der Waals surface area contributed by atoms with Crippen molar-refractivity contribution < 1.29 is 4.74 Å². The Balaban J connectivity index is 2.68. The molecular formula is C12H20N2O. The third kappa shape index (κ3) is 3.61. The van der Waals surface area contributed by atoms with Crippen LogP contribution in [-0.2, 0) is 11.2 Å². The van der Waals surface area contributed by atoms with Crippen molar-refractivity contribution in [2.45, 2.75) is 39.3 Å². The number of hydrogen-bond donors (Lipinski definition) is 1. The molecule has 0 aliphatic rings. The number of nitrogens with zero attached hydrogens (tertiary/aromatic N) is 1. The van der Waals surface area contributed by atoms with Crippen LogP contribution in [0.3, 0.4) is 0 Å². The second-order valence-electron chi connectivity index (χ2n) is 3.92. The molecular weight excluding hydrogens is 188 g/mol. The smallest absolute Gasteiger partial charge is 0.0662 e. The first-order chi connectivity index (χ1) is 7.15. The molecule has 3 nitrogen and oxygen atoms in total. The third-order valence-electron chi connectivity index (χ3n) is 2.33. The van der Waals surface area contributed by atoms with Crippen LogP contribution in [0.4, 0.5) is 0 Å². The normalized spacial score (nSPS) is 13.1. The van der Waals surface area contributed by atoms with Crippen LogP contribution in [0.15, 0.2) is 18.5 Å². The third-order valence-corrected chi connectivity index (χ3v) is 2.33. The van der Waals surface area contributed by atoms with Crippen LogP contribution in [0.1, 0.15) is 37.9 Å². The van der Waals surface area contributed by atoms with Crippen molar-refractivity contribution in [3.63, 3.8) is 0 Å². The number of rotatable bonds is 5. The van der Waals surface area contributed by atoms with Crippen LogP contribution in [0.2, 0.25) is 0 Å². The maximum Gasteiger partial charge on any atom is 0.0662 e. The lowest BCUT2D eigenvalue weighted by Gasteiger charge is -2.17. The Labute approximate surface area is 91.7 Å². The summed E-state index contributed by atoms with van der Waals surface area (Å²) < 4.78 is 5.51. The van der Waals surface area contributed by atoms with E-state index in [4.69, 9.17) is 10.5 Å². The Morgan fingerprint density at radius 1 is 1.47 bits per heavy atom. The highest BCUT2D eigenvalue weighted by molar-refractivity contribution is 5.26. The molecule has 1 heterocycles. The van der Waals surface area contributed by atoms with Gasteiger partial charge in [-0.1, -0.05) is 6.92 Å². The van der Waals surface area contributed by atoms with Crippen LogP contribution in [0.25, 0.3) is 0 Å². The lowest BCUT2D eigenvalue weighted by atomic mass is 10.0. The number of hydrogen-bond acceptors (Lipinski definition) is 3. The van der Waals surface area contributed by atoms with Crippen molar-refractivity contribution in [1.29, 1.82) is 0 Å². The summed E-state index contributed by atoms with van der Waals surface area (Å²) in [5.41, 5.74) is 8.42. The maximum atomic E-state index is 6.07. The molecule has 0 aliphatic carbocycles. The van der Waals surface area contributed by atoms with E-state index < -0.39 is 0 Å². The van der Waals surface area contributed by atoms with Gasteiger partial charge in [0.1, 0.15) is 0 Å². The number of aryl methyl sites for hydroxylation is 1. The van der Waals surface area contributed by atoms with Crippen molar-refractivity contribution in [3.05, 3.63) is 29.6 Å². The zero-order chi connectivity index (χ0) is 11.3. The molecule has 0 aromatic carbocycles. The number of aromatic nitrogens is 1. The molecule has 1 unspecified atom stereocenters. The lowest BCUT2D eigenvalue weighted by Crippen LogP contribution is -2.21. The van der Waals surface area contributed by atoms with Gasteiger partial charge < -0.3 is 10.5 Å². The highest BCUT2D eigenvalue weighted by atomic mass is 16.5. The lowest BCUT2D eigenvalue weighted by molar-refractivity contribution is 0.0681. The van der Waals surface area contributed by atoms with Crippen molar-refractivity contribution in [2.75, 3.05) is 6.61 Å². The molecule has 0 spiro atoms. The van der Waals surface area contributed by atoms with Crippen LogP contribution in [0, 0.1) is 0 Å². The molecule has 0 radical (unpaired) electrons. The van der Waals surface area contributed by atoms with Gasteiger partial charge in [0, 0.05) is 12.4 Å². The van der Waals surface area contributed by atoms with Crippen molar-refractivity contribution in [3.8, 4) is 0 Å². The Kier molecular flexibility index (Phi) is 4.72. The van der Waals surface area contributed by atoms with E-state index in [1.165, 1.54) is 5.56 Å². The molecule has 2 N–H and O–H groups in total. The van der Waals surface area contributed by atoms with Gasteiger partial charge >= 0.3 is 0 Å². The second kappa shape index (κ2) is 5.83. The van der Waals surface area contributed by atoms with Gasteiger partial charge in [-0.3, -0.25) is 4.98 Å². The molecule has 1 rings (SSSR count). The molecule has 3 heteroatoms. The standard InChI is InChI=1S/C12H20N2O/c1-4-10-7-14-6-5-11(10)12(13)8-15-9(2)3/h5-7,9,12H,4,8,13H2,1-3H3. The van der Waals surface area contributed by atoms with Crippen LogP contribution in [-0.4, -0.2) is 17.7 Å². The Hall–Kier alpha value is -0.930. The average molecular weight is 208 g/mol. The average Bonchev–Trinajstić information content (AvgIpc) is 2.25. The van der Waals surface area contributed by atoms with E-state index in [0.717, 1.165) is 12.0 Å². The predicted molar refractivity (Wildman–Crippen MR) is 61.6 cm³/mol. The van der Waals surface area contributed by atoms with Crippen molar-refractivity contribution in [2.24, 2.45) is 5.73 Å². The van der Waals surface area contributed by atoms with E-state index in [1.54, 1.807) is 6.20 Å². The van der Waals surface area contributed by atoms with Gasteiger partial charge in [0.25, 0.3) is 0 Å². The first kappa shape index (κ1) is 12.1. The summed E-state index contributed by atoms with van der Waals surface area (Å²) in [6, 6.07) is 1.93. The maximum absolute atomic E-state index is 6.07. The summed E-state index contributed by atoms with van der Waals surface area (Å²) in [5.74, 6) is 0. The van der Waals surface area contributed by atoms with Gasteiger partial charge in [-0.15, -0.1) is 0 Å². The fourth-order valence-corrected chi connectivity index (χ4v) is 1.48. The molecule has 1 aromatic rings. The molecule has 0 saturated carbocycles. The van der Waals surface area contributed by atoms with Gasteiger partial charge in [0.2, 0.25) is 0 Å². The second-order valence-corrected chi connectivity index (χ2v) is 3.92. The van der Waals surface area contributed by atoms with Crippen molar-refractivity contribution >= 4 is 0 Å². The molecule has 0 aliphatic heterocycles. The summed E-state index contributed by atoms with van der Waals surface area (Å²) in [5, 5.41) is 0. The van der Waals surface area contributed by atoms with Crippen molar-refractivity contribution in [1.82, 2.24) is 4.98 Å². The van der Waals surface area contributed by atoms with Gasteiger partial charge in [-0.2, -0.15) is 0 Å². The van der Waals surface area contributed by atoms with E-state index >= 15 is 0 Å². The Morgan fingerprint density at radius 2 is 2.20 bits per heavy atom. The van der Waals surface area contributed by atoms with E-state index in [0.29, 0.717) is 6.61 Å². The Bertz CT molecular complexity index is 299. The summed E-state index contributed by atoms with van der Waals surface area (Å²) in [4.78, 5) is 4.10. The summed E-state index contributed by atoms with van der Waals surface area (Å²) >= 11 is 0. The molecule has 15 heavy (non-hydrogen) atoms. The van der Waals surface area contributed by atoms with Crippen LogP contribution >= 0.6 is 0 Å². The fraction of sp³-hybridized carbons (Fsp3) is 0.583. The fourth-order valence-electron chi connectivity index (χ4n) is 1.48. The first-order valence-corrected chi connectivity index (χ1v) is 5.45. The monoisotopic (exact) mass is 208 g/mol. The van der Waals surface area contributed by atoms with E-state index in [2.05, 4.69) is 11.9 Å². The van der Waals surface area contributed by atoms with Crippen LogP contribution < -0.4 is 5.73 Å². The highest BCUT2D eigenvalue weighted by Crippen LogP contribution is 2.16. The molecule has 0 saturated heterocycles. The molecule has 0 fully saturated rings. The number of pyridine rings is 1. The summed E-state index contributed by atoms with van der Waals surface area (Å²) in [7, 11) is 0. The van der Waals surface area contributed by atoms with Gasteiger partial charge in [0.05, 0.1) is 18.8 Å². The zero-order valence-corrected chi connectivity index (χ0v) is 9.73. The minimum atomic E-state index is -0.0506. The van der Waals surface area contributed by atoms with Gasteiger partial charge in [-0.25, -0.2) is 0 Å². The Morgan fingerprint density at radius 3 is 2.80 bits per heavy atom. The van der Waals surface area contributed by atoms with Gasteiger partial charge in [0.15, 0.2) is 0 Å². The van der Waals surface area contributed by atoms with Gasteiger partial charge in [-0.05, 0) is 37.5 Å². The zero-order valence-electron chi connectivity index (χ0n) is 9.73.